The fourth-order valence-electron chi connectivity index (χ4n) is 9.17. The van der Waals surface area contributed by atoms with E-state index in [1.54, 1.807) is 6.20 Å². The maximum Gasteiger partial charge on any atom is 0.306 e. The molecule has 5 aliphatic carbocycles. The van der Waals surface area contributed by atoms with Crippen molar-refractivity contribution < 1.29 is 9.53 Å². The summed E-state index contributed by atoms with van der Waals surface area (Å²) >= 11 is 0. The zero-order valence-electron chi connectivity index (χ0n) is 24.3. The number of aryl methyl sites for hydroxylation is 1. The van der Waals surface area contributed by atoms with Gasteiger partial charge in [0.1, 0.15) is 23.1 Å². The number of nitrogens with one attached hydrogen (secondary N) is 2. The smallest absolute Gasteiger partial charge is 0.306 e. The van der Waals surface area contributed by atoms with E-state index in [0.717, 1.165) is 50.6 Å². The first-order chi connectivity index (χ1) is 19.1. The largest absolute Gasteiger partial charge is 0.460 e. The van der Waals surface area contributed by atoms with Crippen molar-refractivity contribution in [1.29, 1.82) is 5.26 Å². The van der Waals surface area contributed by atoms with E-state index in [1.165, 1.54) is 37.7 Å². The highest BCUT2D eigenvalue weighted by Gasteiger charge is 2.84. The number of hydrogen-bond donors (Lipinski definition) is 2. The van der Waals surface area contributed by atoms with Gasteiger partial charge in [0.05, 0.1) is 6.20 Å². The number of aromatic nitrogens is 2. The van der Waals surface area contributed by atoms with Crippen molar-refractivity contribution in [2.24, 2.45) is 28.1 Å². The third kappa shape index (κ3) is 5.06. The lowest BCUT2D eigenvalue weighted by molar-refractivity contribution is -0.155. The van der Waals surface area contributed by atoms with E-state index in [1.807, 2.05) is 26.8 Å². The maximum atomic E-state index is 12.3. The molecule has 0 saturated heterocycles. The van der Waals surface area contributed by atoms with Gasteiger partial charge in [-0.1, -0.05) is 30.3 Å². The van der Waals surface area contributed by atoms with Crippen LogP contribution in [0.5, 0.6) is 0 Å². The third-order valence-electron chi connectivity index (χ3n) is 10.2. The number of hydrogen-bond acceptors (Lipinski definition) is 7. The second-order valence-corrected chi connectivity index (χ2v) is 14.2. The molecule has 5 fully saturated rings. The summed E-state index contributed by atoms with van der Waals surface area (Å²) in [5.74, 6) is 2.68. The first-order valence-electron chi connectivity index (χ1n) is 15.2. The Hall–Kier alpha value is -3.14. The summed E-state index contributed by atoms with van der Waals surface area (Å²) in [6.07, 6.45) is 12.8. The van der Waals surface area contributed by atoms with Crippen LogP contribution in [0.15, 0.2) is 36.5 Å². The molecule has 2 aromatic rings. The van der Waals surface area contributed by atoms with Crippen molar-refractivity contribution in [1.82, 2.24) is 9.97 Å². The van der Waals surface area contributed by atoms with Gasteiger partial charge in [-0.15, -0.1) is 0 Å². The summed E-state index contributed by atoms with van der Waals surface area (Å²) < 4.78 is 5.54. The van der Waals surface area contributed by atoms with Crippen LogP contribution in [0, 0.1) is 39.4 Å². The Morgan fingerprint density at radius 1 is 1.12 bits per heavy atom. The van der Waals surface area contributed by atoms with Gasteiger partial charge in [-0.05, 0) is 112 Å². The van der Waals surface area contributed by atoms with Gasteiger partial charge in [0.2, 0.25) is 5.95 Å². The first-order valence-corrected chi connectivity index (χ1v) is 15.2. The Bertz CT molecular complexity index is 1300. The molecule has 5 saturated carbocycles. The quantitative estimate of drug-likeness (QED) is 0.233. The molecule has 0 radical (unpaired) electrons. The molecule has 0 amide bonds. The van der Waals surface area contributed by atoms with Crippen LogP contribution in [-0.4, -0.2) is 34.6 Å². The molecule has 0 aliphatic heterocycles. The molecule has 5 aliphatic rings. The number of benzene rings is 1. The molecule has 2 N–H and O–H groups in total. The average Bonchev–Trinajstić information content (AvgIpc) is 3.36. The number of anilines is 2. The fraction of sp³-hybridized carbons (Fsp3) is 0.636. The van der Waals surface area contributed by atoms with Crippen LogP contribution >= 0.6 is 0 Å². The molecule has 7 heteroatoms. The molecule has 2 spiro atoms. The minimum Gasteiger partial charge on any atom is -0.460 e. The summed E-state index contributed by atoms with van der Waals surface area (Å²) in [5.41, 5.74) is 2.74. The molecule has 7 rings (SSSR count). The van der Waals surface area contributed by atoms with Crippen LogP contribution in [0.25, 0.3) is 0 Å². The van der Waals surface area contributed by atoms with Crippen molar-refractivity contribution in [3.63, 3.8) is 0 Å². The topological polar surface area (TPSA) is 99.9 Å². The van der Waals surface area contributed by atoms with Crippen molar-refractivity contribution >= 4 is 17.7 Å². The van der Waals surface area contributed by atoms with E-state index in [0.29, 0.717) is 40.0 Å². The van der Waals surface area contributed by atoms with E-state index in [9.17, 15) is 10.1 Å². The van der Waals surface area contributed by atoms with Crippen LogP contribution in [0.1, 0.15) is 89.7 Å². The zero-order valence-corrected chi connectivity index (χ0v) is 24.3. The molecule has 4 unspecified atom stereocenters. The number of nitriles is 1. The van der Waals surface area contributed by atoms with Gasteiger partial charge in [0, 0.05) is 19.5 Å². The fourth-order valence-corrected chi connectivity index (χ4v) is 9.17. The van der Waals surface area contributed by atoms with E-state index in [-0.39, 0.29) is 5.97 Å². The van der Waals surface area contributed by atoms with E-state index in [2.05, 4.69) is 46.0 Å². The molecule has 1 heterocycles. The van der Waals surface area contributed by atoms with Crippen molar-refractivity contribution in [3.05, 3.63) is 47.7 Å². The Morgan fingerprint density at radius 2 is 1.95 bits per heavy atom. The van der Waals surface area contributed by atoms with Crippen molar-refractivity contribution in [3.8, 4) is 6.07 Å². The highest BCUT2D eigenvalue weighted by atomic mass is 16.6. The predicted octanol–water partition coefficient (Wildman–Crippen LogP) is 6.51. The van der Waals surface area contributed by atoms with Crippen LogP contribution in [0.4, 0.5) is 11.8 Å². The van der Waals surface area contributed by atoms with Gasteiger partial charge < -0.3 is 15.4 Å². The van der Waals surface area contributed by atoms with Gasteiger partial charge in [0.25, 0.3) is 0 Å². The SMILES string of the molecule is CC(C)(C)OC(=O)CCCC1C2CC34CC13C[C@@](CNc1nc(NCCCc3ccccc3)ncc1C#N)(C2)C4. The standard InChI is InChI=1S/C33H43N5O2/c1-30(2,3)40-27(39)13-7-12-26-24-15-31(19-32(16-24)21-33(26,32)20-31)22-37-28-25(17-34)18-36-29(38-28)35-14-8-11-23-9-5-4-6-10-23/h4-6,9-10,18,24,26H,7-8,11-16,19-22H2,1-3H3,(H2,35,36,37,38)/t24?,26?,31-,32?,33?/m1/s1. The number of carbonyl (C=O) groups excluding carboxylic acids is 1. The summed E-state index contributed by atoms with van der Waals surface area (Å²) in [7, 11) is 0. The number of ether oxygens (including phenoxy) is 1. The van der Waals surface area contributed by atoms with Gasteiger partial charge in [-0.3, -0.25) is 4.79 Å². The maximum absolute atomic E-state index is 12.3. The van der Waals surface area contributed by atoms with E-state index in [4.69, 9.17) is 9.72 Å². The zero-order chi connectivity index (χ0) is 28.0. The number of carbonyl (C=O) groups is 1. The molecule has 40 heavy (non-hydrogen) atoms. The summed E-state index contributed by atoms with van der Waals surface area (Å²) in [6, 6.07) is 12.8. The van der Waals surface area contributed by atoms with Crippen LogP contribution in [0.2, 0.25) is 0 Å². The Morgan fingerprint density at radius 3 is 2.70 bits per heavy atom. The first kappa shape index (κ1) is 27.1. The molecule has 1 aromatic carbocycles. The number of rotatable bonds is 12. The highest BCUT2D eigenvalue weighted by molar-refractivity contribution is 5.69. The average molecular weight is 542 g/mol. The normalized spacial score (nSPS) is 30.9. The summed E-state index contributed by atoms with van der Waals surface area (Å²) in [5, 5.41) is 16.7. The van der Waals surface area contributed by atoms with Gasteiger partial charge in [0.15, 0.2) is 0 Å². The minimum atomic E-state index is -0.408. The molecule has 5 atom stereocenters. The van der Waals surface area contributed by atoms with E-state index >= 15 is 0 Å². The minimum absolute atomic E-state index is 0.0631. The lowest BCUT2D eigenvalue weighted by atomic mass is 9.59. The second kappa shape index (κ2) is 10.0. The monoisotopic (exact) mass is 541 g/mol. The lowest BCUT2D eigenvalue weighted by Gasteiger charge is -2.47. The van der Waals surface area contributed by atoms with Crippen LogP contribution < -0.4 is 10.6 Å². The molecule has 7 nitrogen and oxygen atoms in total. The number of esters is 1. The molecule has 1 aromatic heterocycles. The lowest BCUT2D eigenvalue weighted by Crippen LogP contribution is -2.41. The summed E-state index contributed by atoms with van der Waals surface area (Å²) in [4.78, 5) is 21.3. The Labute approximate surface area is 238 Å². The van der Waals surface area contributed by atoms with Crippen molar-refractivity contribution in [2.45, 2.75) is 90.6 Å². The van der Waals surface area contributed by atoms with Gasteiger partial charge >= 0.3 is 5.97 Å². The predicted molar refractivity (Wildman–Crippen MR) is 156 cm³/mol. The van der Waals surface area contributed by atoms with E-state index < -0.39 is 5.60 Å². The molecule has 4 bridgehead atoms. The Kier molecular flexibility index (Phi) is 6.79. The summed E-state index contributed by atoms with van der Waals surface area (Å²) in [6.45, 7) is 7.46. The molecule has 212 valence electrons. The Balaban J connectivity index is 1.03. The van der Waals surface area contributed by atoms with Gasteiger partial charge in [-0.25, -0.2) is 4.98 Å². The van der Waals surface area contributed by atoms with Crippen molar-refractivity contribution in [2.75, 3.05) is 23.7 Å². The molecular weight excluding hydrogens is 498 g/mol. The van der Waals surface area contributed by atoms with Crippen LogP contribution in [-0.2, 0) is 16.0 Å². The van der Waals surface area contributed by atoms with Gasteiger partial charge in [-0.2, -0.15) is 10.2 Å². The highest BCUT2D eigenvalue weighted by Crippen LogP contribution is 2.92. The number of nitrogens with zero attached hydrogens (tertiary/aromatic N) is 3. The third-order valence-corrected chi connectivity index (χ3v) is 10.2. The van der Waals surface area contributed by atoms with Crippen LogP contribution in [0.3, 0.4) is 0 Å². The molecular formula is C33H43N5O2. The second-order valence-electron chi connectivity index (χ2n) is 14.2.